The quantitative estimate of drug-likeness (QED) is 0.442. The van der Waals surface area contributed by atoms with Crippen LogP contribution in [0.1, 0.15) is 20.3 Å². The van der Waals surface area contributed by atoms with E-state index in [4.69, 9.17) is 21.2 Å². The summed E-state index contributed by atoms with van der Waals surface area (Å²) in [6.45, 7) is 4.91. The zero-order valence-electron chi connectivity index (χ0n) is 14.8. The van der Waals surface area contributed by atoms with Gasteiger partial charge in [-0.25, -0.2) is 15.0 Å². The fourth-order valence-corrected chi connectivity index (χ4v) is 3.59. The Bertz CT molecular complexity index is 622. The SMILES string of the molecule is CC1=NC2(N(C)CCCN)C(N)=NCN=C2N1[C@@H]1O[C@H](C)[C@@H](O)[C@H]1O. The van der Waals surface area contributed by atoms with Crippen LogP contribution in [-0.2, 0) is 4.74 Å². The van der Waals surface area contributed by atoms with Gasteiger partial charge in [0, 0.05) is 6.54 Å². The number of aliphatic hydroxyl groups is 2. The second-order valence-electron chi connectivity index (χ2n) is 6.64. The Balaban J connectivity index is 1.98. The van der Waals surface area contributed by atoms with Crippen molar-refractivity contribution >= 4 is 17.5 Å². The molecule has 0 saturated carbocycles. The lowest BCUT2D eigenvalue weighted by Crippen LogP contribution is -2.64. The van der Waals surface area contributed by atoms with Gasteiger partial charge in [-0.1, -0.05) is 0 Å². The number of fused-ring (bicyclic) bond motifs is 1. The first-order valence-electron chi connectivity index (χ1n) is 8.48. The van der Waals surface area contributed by atoms with Gasteiger partial charge in [-0.05, 0) is 33.9 Å². The van der Waals surface area contributed by atoms with E-state index in [0.717, 1.165) is 6.42 Å². The van der Waals surface area contributed by atoms with Gasteiger partial charge in [0.15, 0.2) is 12.1 Å². The van der Waals surface area contributed by atoms with E-state index in [-0.39, 0.29) is 6.67 Å². The van der Waals surface area contributed by atoms with Crippen molar-refractivity contribution in [2.45, 2.75) is 50.5 Å². The number of likely N-dealkylation sites (N-methyl/N-ethyl adjacent to an activating group) is 1. The monoisotopic (exact) mass is 353 g/mol. The van der Waals surface area contributed by atoms with Gasteiger partial charge >= 0.3 is 0 Å². The number of ether oxygens (including phenoxy) is 1. The van der Waals surface area contributed by atoms with Crippen molar-refractivity contribution in [3.63, 3.8) is 0 Å². The summed E-state index contributed by atoms with van der Waals surface area (Å²) >= 11 is 0. The number of nitrogens with two attached hydrogens (primary N) is 2. The van der Waals surface area contributed by atoms with Crippen LogP contribution in [-0.4, -0.2) is 94.5 Å². The Labute approximate surface area is 146 Å². The van der Waals surface area contributed by atoms with E-state index < -0.39 is 30.2 Å². The molecule has 0 spiro atoms. The van der Waals surface area contributed by atoms with Gasteiger partial charge in [-0.15, -0.1) is 0 Å². The van der Waals surface area contributed by atoms with Crippen molar-refractivity contribution in [3.05, 3.63) is 0 Å². The Morgan fingerprint density at radius 1 is 1.36 bits per heavy atom. The van der Waals surface area contributed by atoms with E-state index in [2.05, 4.69) is 9.98 Å². The molecule has 140 valence electrons. The highest BCUT2D eigenvalue weighted by Gasteiger charge is 2.57. The fourth-order valence-electron chi connectivity index (χ4n) is 3.59. The van der Waals surface area contributed by atoms with Crippen LogP contribution in [0.3, 0.4) is 0 Å². The van der Waals surface area contributed by atoms with Crippen LogP contribution in [0.5, 0.6) is 0 Å². The lowest BCUT2D eigenvalue weighted by Gasteiger charge is -2.39. The second-order valence-corrected chi connectivity index (χ2v) is 6.64. The van der Waals surface area contributed by atoms with E-state index in [1.807, 2.05) is 11.9 Å². The molecule has 25 heavy (non-hydrogen) atoms. The lowest BCUT2D eigenvalue weighted by atomic mass is 10.0. The van der Waals surface area contributed by atoms with Gasteiger partial charge in [-0.2, -0.15) is 0 Å². The van der Waals surface area contributed by atoms with E-state index in [0.29, 0.717) is 30.6 Å². The number of hydrogen-bond acceptors (Lipinski definition) is 10. The predicted octanol–water partition coefficient (Wildman–Crippen LogP) is -2.11. The molecule has 3 heterocycles. The summed E-state index contributed by atoms with van der Waals surface area (Å²) in [6.07, 6.45) is -2.55. The molecule has 0 bridgehead atoms. The smallest absolute Gasteiger partial charge is 0.230 e. The number of aliphatic imine (C=N–C) groups is 3. The molecule has 3 rings (SSSR count). The maximum atomic E-state index is 10.4. The summed E-state index contributed by atoms with van der Waals surface area (Å²) in [5.74, 6) is 1.51. The molecular weight excluding hydrogens is 326 g/mol. The van der Waals surface area contributed by atoms with E-state index in [1.54, 1.807) is 18.7 Å². The molecule has 1 saturated heterocycles. The van der Waals surface area contributed by atoms with Gasteiger partial charge in [0.1, 0.15) is 30.5 Å². The van der Waals surface area contributed by atoms with Crippen molar-refractivity contribution in [2.24, 2.45) is 26.4 Å². The minimum absolute atomic E-state index is 0.188. The molecule has 5 atom stereocenters. The Hall–Kier alpha value is -1.59. The third-order valence-corrected chi connectivity index (χ3v) is 5.01. The van der Waals surface area contributed by atoms with E-state index in [9.17, 15) is 10.2 Å². The van der Waals surface area contributed by atoms with Crippen LogP contribution in [0.4, 0.5) is 0 Å². The molecule has 0 aliphatic carbocycles. The van der Waals surface area contributed by atoms with Crippen LogP contribution in [0.25, 0.3) is 0 Å². The molecule has 0 aromatic carbocycles. The molecule has 3 aliphatic rings. The van der Waals surface area contributed by atoms with Crippen molar-refractivity contribution in [1.29, 1.82) is 0 Å². The minimum atomic E-state index is -1.08. The molecule has 6 N–H and O–H groups in total. The first-order chi connectivity index (χ1) is 11.8. The number of nitrogens with zero attached hydrogens (tertiary/aromatic N) is 5. The molecule has 10 heteroatoms. The standard InChI is InChI=1S/C15H27N7O3/c1-8-10(23)11(24)12(25-8)22-9(2)20-15(21(3)6-4-5-16)13(17)18-7-19-14(15)22/h8,10-12,23-24H,4-7,16H2,1-3H3,(H2,17,18)/t8-,10-,11-,12-,15?/m1/s1. The van der Waals surface area contributed by atoms with Gasteiger partial charge in [0.2, 0.25) is 5.66 Å². The first-order valence-corrected chi connectivity index (χ1v) is 8.48. The number of rotatable bonds is 5. The summed E-state index contributed by atoms with van der Waals surface area (Å²) in [5, 5.41) is 20.5. The molecule has 1 fully saturated rings. The third-order valence-electron chi connectivity index (χ3n) is 5.01. The number of hydrogen-bond donors (Lipinski definition) is 4. The third kappa shape index (κ3) is 2.64. The van der Waals surface area contributed by atoms with Crippen molar-refractivity contribution < 1.29 is 14.9 Å². The molecule has 0 aromatic rings. The van der Waals surface area contributed by atoms with Crippen molar-refractivity contribution in [2.75, 3.05) is 26.8 Å². The Kier molecular flexibility index (Phi) is 4.82. The maximum absolute atomic E-state index is 10.4. The van der Waals surface area contributed by atoms with Crippen LogP contribution >= 0.6 is 0 Å². The molecule has 3 aliphatic heterocycles. The van der Waals surface area contributed by atoms with E-state index in [1.165, 1.54) is 0 Å². The van der Waals surface area contributed by atoms with Crippen LogP contribution in [0.2, 0.25) is 0 Å². The number of amidine groups is 3. The molecule has 0 radical (unpaired) electrons. The summed E-state index contributed by atoms with van der Waals surface area (Å²) in [7, 11) is 1.89. The summed E-state index contributed by atoms with van der Waals surface area (Å²) in [4.78, 5) is 17.2. The fraction of sp³-hybridized carbons (Fsp3) is 0.800. The zero-order chi connectivity index (χ0) is 18.4. The van der Waals surface area contributed by atoms with Crippen LogP contribution in [0, 0.1) is 0 Å². The van der Waals surface area contributed by atoms with Gasteiger partial charge in [0.25, 0.3) is 0 Å². The second kappa shape index (κ2) is 6.61. The summed E-state index contributed by atoms with van der Waals surface area (Å²) < 4.78 is 5.78. The topological polar surface area (TPSA) is 145 Å². The largest absolute Gasteiger partial charge is 0.388 e. The Morgan fingerprint density at radius 2 is 2.08 bits per heavy atom. The average Bonchev–Trinajstić information content (AvgIpc) is 3.02. The maximum Gasteiger partial charge on any atom is 0.230 e. The highest BCUT2D eigenvalue weighted by molar-refractivity contribution is 6.23. The molecule has 0 amide bonds. The lowest BCUT2D eigenvalue weighted by molar-refractivity contribution is -0.0334. The highest BCUT2D eigenvalue weighted by Crippen LogP contribution is 2.35. The molecular formula is C15H27N7O3. The first kappa shape index (κ1) is 18.2. The zero-order valence-corrected chi connectivity index (χ0v) is 14.8. The van der Waals surface area contributed by atoms with Gasteiger partial charge in [0.05, 0.1) is 6.10 Å². The molecule has 1 unspecified atom stereocenters. The number of aliphatic hydroxyl groups excluding tert-OH is 2. The average molecular weight is 353 g/mol. The van der Waals surface area contributed by atoms with Crippen molar-refractivity contribution in [3.8, 4) is 0 Å². The molecule has 0 aromatic heterocycles. The van der Waals surface area contributed by atoms with Crippen LogP contribution < -0.4 is 11.5 Å². The van der Waals surface area contributed by atoms with E-state index >= 15 is 0 Å². The summed E-state index contributed by atoms with van der Waals surface area (Å²) in [5.41, 5.74) is 10.9. The van der Waals surface area contributed by atoms with Gasteiger partial charge in [-0.3, -0.25) is 9.80 Å². The van der Waals surface area contributed by atoms with Crippen molar-refractivity contribution in [1.82, 2.24) is 9.80 Å². The predicted molar refractivity (Wildman–Crippen MR) is 94.3 cm³/mol. The normalized spacial score (nSPS) is 37.9. The highest BCUT2D eigenvalue weighted by atomic mass is 16.6. The minimum Gasteiger partial charge on any atom is -0.388 e. The van der Waals surface area contributed by atoms with Crippen LogP contribution in [0.15, 0.2) is 15.0 Å². The summed E-state index contributed by atoms with van der Waals surface area (Å²) in [6, 6.07) is 0. The molecule has 10 nitrogen and oxygen atoms in total. The Morgan fingerprint density at radius 3 is 2.68 bits per heavy atom. The van der Waals surface area contributed by atoms with Gasteiger partial charge < -0.3 is 26.4 Å².